The van der Waals surface area contributed by atoms with Gasteiger partial charge in [0, 0.05) is 11.1 Å². The molecule has 2 N–H and O–H groups in total. The monoisotopic (exact) mass is 239 g/mol. The summed E-state index contributed by atoms with van der Waals surface area (Å²) in [5.41, 5.74) is 6.62. The predicted molar refractivity (Wildman–Crippen MR) is 63.1 cm³/mol. The molecule has 4 heteroatoms. The summed E-state index contributed by atoms with van der Waals surface area (Å²) in [5.74, 6) is 0.217. The fourth-order valence-electron chi connectivity index (χ4n) is 1.93. The van der Waals surface area contributed by atoms with Gasteiger partial charge in [0.1, 0.15) is 5.75 Å². The molecular formula is C12H14ClNO2. The van der Waals surface area contributed by atoms with Crippen LogP contribution in [0.4, 0.5) is 0 Å². The van der Waals surface area contributed by atoms with Gasteiger partial charge in [0.25, 0.3) is 0 Å². The lowest BCUT2D eigenvalue weighted by atomic mass is 9.79. The Hall–Kier alpha value is -1.22. The molecule has 1 heterocycles. The fraction of sp³-hybridized carbons (Fsp3) is 0.417. The maximum Gasteiger partial charge on any atom is 0.248 e. The van der Waals surface area contributed by atoms with Gasteiger partial charge < -0.3 is 10.5 Å². The van der Waals surface area contributed by atoms with E-state index in [0.29, 0.717) is 22.9 Å². The minimum absolute atomic E-state index is 0.0390. The first-order chi connectivity index (χ1) is 7.42. The fourth-order valence-corrected chi connectivity index (χ4v) is 2.20. The van der Waals surface area contributed by atoms with Crippen LogP contribution in [0.1, 0.15) is 36.2 Å². The molecule has 1 aromatic rings. The number of hydrogen-bond acceptors (Lipinski definition) is 2. The second-order valence-corrected chi connectivity index (χ2v) is 5.09. The third-order valence-electron chi connectivity index (χ3n) is 3.03. The lowest BCUT2D eigenvalue weighted by Gasteiger charge is -2.33. The Balaban J connectivity index is 2.64. The summed E-state index contributed by atoms with van der Waals surface area (Å²) in [4.78, 5) is 11.2. The zero-order valence-electron chi connectivity index (χ0n) is 9.34. The lowest BCUT2D eigenvalue weighted by molar-refractivity contribution is 0.1000. The first-order valence-electron chi connectivity index (χ1n) is 5.18. The molecule has 3 nitrogen and oxygen atoms in total. The molecule has 1 amide bonds. The number of halogens is 1. The summed E-state index contributed by atoms with van der Waals surface area (Å²) in [5, 5.41) is 0.457. The molecule has 1 aliphatic rings. The van der Waals surface area contributed by atoms with Crippen LogP contribution in [-0.4, -0.2) is 12.5 Å². The molecule has 0 radical (unpaired) electrons. The van der Waals surface area contributed by atoms with Gasteiger partial charge in [-0.3, -0.25) is 4.79 Å². The van der Waals surface area contributed by atoms with Crippen molar-refractivity contribution in [3.05, 3.63) is 28.3 Å². The number of hydrogen-bond donors (Lipinski definition) is 1. The van der Waals surface area contributed by atoms with Crippen molar-refractivity contribution in [3.63, 3.8) is 0 Å². The highest BCUT2D eigenvalue weighted by molar-refractivity contribution is 6.32. The van der Waals surface area contributed by atoms with Crippen molar-refractivity contribution in [2.75, 3.05) is 6.61 Å². The topological polar surface area (TPSA) is 52.3 Å². The van der Waals surface area contributed by atoms with Crippen molar-refractivity contribution >= 4 is 17.5 Å². The van der Waals surface area contributed by atoms with Crippen molar-refractivity contribution < 1.29 is 9.53 Å². The van der Waals surface area contributed by atoms with Crippen molar-refractivity contribution in [2.45, 2.75) is 25.7 Å². The van der Waals surface area contributed by atoms with Crippen LogP contribution in [0.3, 0.4) is 0 Å². The number of nitrogens with two attached hydrogens (primary N) is 1. The maximum absolute atomic E-state index is 11.2. The van der Waals surface area contributed by atoms with Crippen molar-refractivity contribution in [1.29, 1.82) is 0 Å². The number of benzene rings is 1. The largest absolute Gasteiger partial charge is 0.492 e. The molecule has 16 heavy (non-hydrogen) atoms. The van der Waals surface area contributed by atoms with Crippen LogP contribution >= 0.6 is 11.6 Å². The van der Waals surface area contributed by atoms with Crippen LogP contribution in [0.2, 0.25) is 5.02 Å². The third-order valence-corrected chi connectivity index (χ3v) is 3.31. The first kappa shape index (κ1) is 11.3. The predicted octanol–water partition coefficient (Wildman–Crippen LogP) is 2.50. The number of rotatable bonds is 1. The van der Waals surface area contributed by atoms with E-state index in [1.54, 1.807) is 12.1 Å². The van der Waals surface area contributed by atoms with Gasteiger partial charge in [0.2, 0.25) is 5.91 Å². The van der Waals surface area contributed by atoms with E-state index in [0.717, 1.165) is 12.0 Å². The van der Waals surface area contributed by atoms with Gasteiger partial charge in [-0.1, -0.05) is 25.4 Å². The van der Waals surface area contributed by atoms with E-state index < -0.39 is 5.91 Å². The molecule has 2 rings (SSSR count). The van der Waals surface area contributed by atoms with Crippen LogP contribution in [0.15, 0.2) is 12.1 Å². The van der Waals surface area contributed by atoms with Gasteiger partial charge in [-0.15, -0.1) is 0 Å². The van der Waals surface area contributed by atoms with E-state index in [4.69, 9.17) is 22.1 Å². The van der Waals surface area contributed by atoms with Crippen LogP contribution in [0, 0.1) is 0 Å². The van der Waals surface area contributed by atoms with Crippen molar-refractivity contribution in [2.24, 2.45) is 5.73 Å². The highest BCUT2D eigenvalue weighted by Crippen LogP contribution is 2.42. The summed E-state index contributed by atoms with van der Waals surface area (Å²) in [6, 6.07) is 3.34. The Morgan fingerprint density at radius 3 is 2.81 bits per heavy atom. The number of carbonyl (C=O) groups is 1. The molecule has 86 valence electrons. The highest BCUT2D eigenvalue weighted by Gasteiger charge is 2.31. The SMILES string of the molecule is CC1(C)CCOc2c(Cl)cc(C(N)=O)cc21. The maximum atomic E-state index is 11.2. The van der Waals surface area contributed by atoms with Gasteiger partial charge in [-0.25, -0.2) is 0 Å². The number of primary amides is 1. The van der Waals surface area contributed by atoms with Gasteiger partial charge in [0.15, 0.2) is 0 Å². The Kier molecular flexibility index (Phi) is 2.58. The molecule has 0 aromatic heterocycles. The number of amides is 1. The summed E-state index contributed by atoms with van der Waals surface area (Å²) >= 11 is 6.09. The Morgan fingerprint density at radius 2 is 2.19 bits per heavy atom. The van der Waals surface area contributed by atoms with Gasteiger partial charge in [-0.05, 0) is 24.0 Å². The zero-order valence-corrected chi connectivity index (χ0v) is 10.1. The van der Waals surface area contributed by atoms with Crippen molar-refractivity contribution in [1.82, 2.24) is 0 Å². The van der Waals surface area contributed by atoms with E-state index in [9.17, 15) is 4.79 Å². The number of carbonyl (C=O) groups excluding carboxylic acids is 1. The Morgan fingerprint density at radius 1 is 1.50 bits per heavy atom. The van der Waals surface area contributed by atoms with Gasteiger partial charge in [-0.2, -0.15) is 0 Å². The van der Waals surface area contributed by atoms with Gasteiger partial charge in [0.05, 0.1) is 11.6 Å². The average Bonchev–Trinajstić information content (AvgIpc) is 2.18. The summed E-state index contributed by atoms with van der Waals surface area (Å²) in [6.45, 7) is 4.86. The average molecular weight is 240 g/mol. The minimum Gasteiger partial charge on any atom is -0.492 e. The Bertz CT molecular complexity index is 455. The molecule has 0 spiro atoms. The van der Waals surface area contributed by atoms with Crippen LogP contribution in [-0.2, 0) is 5.41 Å². The smallest absolute Gasteiger partial charge is 0.248 e. The molecular weight excluding hydrogens is 226 g/mol. The lowest BCUT2D eigenvalue weighted by Crippen LogP contribution is -2.27. The molecule has 0 bridgehead atoms. The van der Waals surface area contributed by atoms with Crippen LogP contribution < -0.4 is 10.5 Å². The summed E-state index contributed by atoms with van der Waals surface area (Å²) in [6.07, 6.45) is 0.901. The molecule has 0 fully saturated rings. The van der Waals surface area contributed by atoms with Crippen LogP contribution in [0.25, 0.3) is 0 Å². The quantitative estimate of drug-likeness (QED) is 0.819. The highest BCUT2D eigenvalue weighted by atomic mass is 35.5. The number of fused-ring (bicyclic) bond motifs is 1. The van der Waals surface area contributed by atoms with E-state index in [-0.39, 0.29) is 5.41 Å². The normalized spacial score (nSPS) is 17.4. The molecule has 1 aromatic carbocycles. The molecule has 0 saturated heterocycles. The minimum atomic E-state index is -0.467. The van der Waals surface area contributed by atoms with E-state index in [1.165, 1.54) is 0 Å². The third kappa shape index (κ3) is 1.76. The van der Waals surface area contributed by atoms with E-state index in [2.05, 4.69) is 13.8 Å². The zero-order chi connectivity index (χ0) is 11.9. The van der Waals surface area contributed by atoms with Crippen LogP contribution in [0.5, 0.6) is 5.75 Å². The van der Waals surface area contributed by atoms with E-state index >= 15 is 0 Å². The second kappa shape index (κ2) is 3.67. The molecule has 0 saturated carbocycles. The Labute approximate surface area is 99.5 Å². The molecule has 1 aliphatic heterocycles. The molecule has 0 atom stereocenters. The standard InChI is InChI=1S/C12H14ClNO2/c1-12(2)3-4-16-10-8(12)5-7(11(14)15)6-9(10)13/h5-6H,3-4H2,1-2H3,(H2,14,15). The molecule has 0 unspecified atom stereocenters. The van der Waals surface area contributed by atoms with E-state index in [1.807, 2.05) is 0 Å². The second-order valence-electron chi connectivity index (χ2n) is 4.68. The first-order valence-corrected chi connectivity index (χ1v) is 5.56. The van der Waals surface area contributed by atoms with Gasteiger partial charge >= 0.3 is 0 Å². The summed E-state index contributed by atoms with van der Waals surface area (Å²) in [7, 11) is 0. The van der Waals surface area contributed by atoms with Crippen molar-refractivity contribution in [3.8, 4) is 5.75 Å². The number of ether oxygens (including phenoxy) is 1. The molecule has 0 aliphatic carbocycles. The summed E-state index contributed by atoms with van der Waals surface area (Å²) < 4.78 is 5.54.